The number of hydrogen-bond acceptors (Lipinski definition) is 4. The van der Waals surface area contributed by atoms with Gasteiger partial charge in [0.05, 0.1) is 10.7 Å². The maximum Gasteiger partial charge on any atom is 0.321 e. The van der Waals surface area contributed by atoms with E-state index in [1.165, 1.54) is 0 Å². The number of aryl methyl sites for hydroxylation is 1. The third kappa shape index (κ3) is 4.36. The number of para-hydroxylation sites is 1. The third-order valence-electron chi connectivity index (χ3n) is 5.31. The SMILES string of the molecule is CCc1nc2cccnc2n1CCN1CCN(C(=O)Nc2ccccc2Cl)CC1. The van der Waals surface area contributed by atoms with Gasteiger partial charge in [0.15, 0.2) is 5.65 Å². The zero-order chi connectivity index (χ0) is 20.2. The predicted molar refractivity (Wildman–Crippen MR) is 115 cm³/mol. The van der Waals surface area contributed by atoms with Crippen LogP contribution in [0.3, 0.4) is 0 Å². The molecule has 4 rings (SSSR count). The van der Waals surface area contributed by atoms with Crippen molar-refractivity contribution in [1.29, 1.82) is 0 Å². The molecule has 0 unspecified atom stereocenters. The lowest BCUT2D eigenvalue weighted by Gasteiger charge is -2.34. The molecule has 3 aromatic rings. The first kappa shape index (κ1) is 19.7. The van der Waals surface area contributed by atoms with E-state index in [2.05, 4.69) is 31.7 Å². The fraction of sp³-hybridized carbons (Fsp3) is 0.381. The lowest BCUT2D eigenvalue weighted by atomic mass is 10.3. The first-order chi connectivity index (χ1) is 14.2. The van der Waals surface area contributed by atoms with Gasteiger partial charge >= 0.3 is 6.03 Å². The molecule has 1 aliphatic heterocycles. The van der Waals surface area contributed by atoms with Gasteiger partial charge in [0, 0.05) is 51.9 Å². The Hall–Kier alpha value is -2.64. The zero-order valence-electron chi connectivity index (χ0n) is 16.5. The van der Waals surface area contributed by atoms with Crippen LogP contribution in [0.2, 0.25) is 5.02 Å². The molecule has 152 valence electrons. The second-order valence-electron chi connectivity index (χ2n) is 7.12. The van der Waals surface area contributed by atoms with Crippen molar-refractivity contribution in [1.82, 2.24) is 24.3 Å². The number of fused-ring (bicyclic) bond motifs is 1. The molecule has 3 heterocycles. The molecule has 1 fully saturated rings. The number of benzene rings is 1. The van der Waals surface area contributed by atoms with Gasteiger partial charge < -0.3 is 14.8 Å². The summed E-state index contributed by atoms with van der Waals surface area (Å²) in [4.78, 5) is 25.9. The van der Waals surface area contributed by atoms with Gasteiger partial charge in [-0.2, -0.15) is 0 Å². The number of amides is 2. The zero-order valence-corrected chi connectivity index (χ0v) is 17.3. The molecule has 0 atom stereocenters. The average Bonchev–Trinajstić information content (AvgIpc) is 3.12. The number of piperazine rings is 1. The first-order valence-corrected chi connectivity index (χ1v) is 10.4. The van der Waals surface area contributed by atoms with Crippen molar-refractivity contribution in [2.24, 2.45) is 0 Å². The average molecular weight is 413 g/mol. The van der Waals surface area contributed by atoms with Crippen LogP contribution in [-0.2, 0) is 13.0 Å². The van der Waals surface area contributed by atoms with Crippen LogP contribution in [0.5, 0.6) is 0 Å². The molecule has 1 aromatic carbocycles. The molecule has 2 amide bonds. The van der Waals surface area contributed by atoms with Gasteiger partial charge in [0.25, 0.3) is 0 Å². The number of urea groups is 1. The van der Waals surface area contributed by atoms with Crippen LogP contribution in [0.25, 0.3) is 11.2 Å². The number of anilines is 1. The summed E-state index contributed by atoms with van der Waals surface area (Å²) in [7, 11) is 0. The van der Waals surface area contributed by atoms with Crippen molar-refractivity contribution in [3.63, 3.8) is 0 Å². The number of imidazole rings is 1. The van der Waals surface area contributed by atoms with Crippen LogP contribution >= 0.6 is 11.6 Å². The van der Waals surface area contributed by atoms with Crippen LogP contribution in [-0.4, -0.2) is 63.1 Å². The summed E-state index contributed by atoms with van der Waals surface area (Å²) in [5.74, 6) is 1.07. The van der Waals surface area contributed by atoms with E-state index in [0.717, 1.165) is 49.6 Å². The molecular weight excluding hydrogens is 388 g/mol. The van der Waals surface area contributed by atoms with Gasteiger partial charge in [0.1, 0.15) is 11.3 Å². The number of rotatable bonds is 5. The minimum atomic E-state index is -0.101. The summed E-state index contributed by atoms with van der Waals surface area (Å²) in [6.45, 7) is 6.96. The highest BCUT2D eigenvalue weighted by atomic mass is 35.5. The lowest BCUT2D eigenvalue weighted by molar-refractivity contribution is 0.144. The van der Waals surface area contributed by atoms with Crippen LogP contribution < -0.4 is 5.32 Å². The smallest absolute Gasteiger partial charge is 0.321 e. The van der Waals surface area contributed by atoms with Gasteiger partial charge in [-0.25, -0.2) is 14.8 Å². The molecular formula is C21H25ClN6O. The summed E-state index contributed by atoms with van der Waals surface area (Å²) in [5.41, 5.74) is 2.54. The Morgan fingerprint density at radius 1 is 1.10 bits per heavy atom. The Labute approximate surface area is 175 Å². The van der Waals surface area contributed by atoms with E-state index in [0.29, 0.717) is 23.8 Å². The van der Waals surface area contributed by atoms with Gasteiger partial charge in [-0.3, -0.25) is 4.90 Å². The summed E-state index contributed by atoms with van der Waals surface area (Å²) >= 11 is 6.13. The van der Waals surface area contributed by atoms with Gasteiger partial charge in [-0.1, -0.05) is 30.7 Å². The van der Waals surface area contributed by atoms with Crippen molar-refractivity contribution in [2.75, 3.05) is 38.0 Å². The third-order valence-corrected chi connectivity index (χ3v) is 5.64. The fourth-order valence-corrected chi connectivity index (χ4v) is 3.87. The Kier molecular flexibility index (Phi) is 5.97. The highest BCUT2D eigenvalue weighted by Gasteiger charge is 2.22. The molecule has 29 heavy (non-hydrogen) atoms. The molecule has 1 aliphatic rings. The van der Waals surface area contributed by atoms with E-state index in [9.17, 15) is 4.79 Å². The number of carbonyl (C=O) groups excluding carboxylic acids is 1. The molecule has 0 saturated carbocycles. The highest BCUT2D eigenvalue weighted by molar-refractivity contribution is 6.33. The van der Waals surface area contributed by atoms with Gasteiger partial charge in [-0.05, 0) is 24.3 Å². The van der Waals surface area contributed by atoms with Crippen molar-refractivity contribution in [3.05, 3.63) is 53.4 Å². The standard InChI is InChI=1S/C21H25ClN6O/c1-2-19-24-18-8-5-9-23-20(18)28(19)15-12-26-10-13-27(14-11-26)21(29)25-17-7-4-3-6-16(17)22/h3-9H,2,10-15H2,1H3,(H,25,29). The fourth-order valence-electron chi connectivity index (χ4n) is 3.68. The first-order valence-electron chi connectivity index (χ1n) is 9.98. The Balaban J connectivity index is 1.32. The van der Waals surface area contributed by atoms with Crippen LogP contribution in [0.4, 0.5) is 10.5 Å². The number of carbonyl (C=O) groups is 1. The van der Waals surface area contributed by atoms with Crippen LogP contribution in [0.15, 0.2) is 42.6 Å². The van der Waals surface area contributed by atoms with E-state index in [1.807, 2.05) is 41.4 Å². The Bertz CT molecular complexity index is 996. The van der Waals surface area contributed by atoms with E-state index in [-0.39, 0.29) is 6.03 Å². The van der Waals surface area contributed by atoms with Crippen molar-refractivity contribution < 1.29 is 4.79 Å². The minimum Gasteiger partial charge on any atom is -0.322 e. The largest absolute Gasteiger partial charge is 0.322 e. The van der Waals surface area contributed by atoms with Crippen LogP contribution in [0.1, 0.15) is 12.7 Å². The molecule has 1 saturated heterocycles. The molecule has 0 radical (unpaired) electrons. The topological polar surface area (TPSA) is 66.3 Å². The van der Waals surface area contributed by atoms with E-state index in [1.54, 1.807) is 6.07 Å². The summed E-state index contributed by atoms with van der Waals surface area (Å²) < 4.78 is 2.21. The predicted octanol–water partition coefficient (Wildman–Crippen LogP) is 3.50. The number of aromatic nitrogens is 3. The molecule has 0 aliphatic carbocycles. The van der Waals surface area contributed by atoms with Gasteiger partial charge in [0.2, 0.25) is 0 Å². The molecule has 0 bridgehead atoms. The monoisotopic (exact) mass is 412 g/mol. The molecule has 8 heteroatoms. The quantitative estimate of drug-likeness (QED) is 0.696. The molecule has 2 aromatic heterocycles. The van der Waals surface area contributed by atoms with Crippen molar-refractivity contribution in [2.45, 2.75) is 19.9 Å². The molecule has 0 spiro atoms. The number of pyridine rings is 1. The summed E-state index contributed by atoms with van der Waals surface area (Å²) in [6, 6.07) is 11.1. The maximum absolute atomic E-state index is 12.5. The Morgan fingerprint density at radius 3 is 2.66 bits per heavy atom. The molecule has 1 N–H and O–H groups in total. The van der Waals surface area contributed by atoms with Gasteiger partial charge in [-0.15, -0.1) is 0 Å². The minimum absolute atomic E-state index is 0.101. The molecule has 7 nitrogen and oxygen atoms in total. The summed E-state index contributed by atoms with van der Waals surface area (Å²) in [6.07, 6.45) is 2.70. The number of nitrogens with one attached hydrogen (secondary N) is 1. The van der Waals surface area contributed by atoms with E-state index >= 15 is 0 Å². The number of halogens is 1. The van der Waals surface area contributed by atoms with Crippen LogP contribution in [0, 0.1) is 0 Å². The van der Waals surface area contributed by atoms with E-state index < -0.39 is 0 Å². The Morgan fingerprint density at radius 2 is 1.90 bits per heavy atom. The second kappa shape index (κ2) is 8.80. The van der Waals surface area contributed by atoms with Crippen molar-refractivity contribution >= 4 is 34.5 Å². The lowest BCUT2D eigenvalue weighted by Crippen LogP contribution is -2.50. The number of hydrogen-bond donors (Lipinski definition) is 1. The van der Waals surface area contributed by atoms with E-state index in [4.69, 9.17) is 11.6 Å². The summed E-state index contributed by atoms with van der Waals surface area (Å²) in [5, 5.41) is 3.45. The highest BCUT2D eigenvalue weighted by Crippen LogP contribution is 2.21. The number of nitrogens with zero attached hydrogens (tertiary/aromatic N) is 5. The maximum atomic E-state index is 12.5. The normalized spacial score (nSPS) is 15.0. The van der Waals surface area contributed by atoms with Crippen molar-refractivity contribution in [3.8, 4) is 0 Å². The second-order valence-corrected chi connectivity index (χ2v) is 7.53.